The summed E-state index contributed by atoms with van der Waals surface area (Å²) in [4.78, 5) is 10.4. The summed E-state index contributed by atoms with van der Waals surface area (Å²) < 4.78 is 0. The lowest BCUT2D eigenvalue weighted by atomic mass is 10.2. The minimum Gasteiger partial charge on any atom is -0.480 e. The lowest BCUT2D eigenvalue weighted by molar-refractivity contribution is -0.139. The molecule has 0 radical (unpaired) electrons. The Balaban J connectivity index is 3.61. The van der Waals surface area contributed by atoms with Crippen LogP contribution in [0.2, 0.25) is 0 Å². The van der Waals surface area contributed by atoms with Crippen LogP contribution in [0.3, 0.4) is 0 Å². The van der Waals surface area contributed by atoms with Crippen LogP contribution in [0.4, 0.5) is 0 Å². The molecule has 11 heavy (non-hydrogen) atoms. The highest BCUT2D eigenvalue weighted by molar-refractivity contribution is 5.73. The SMILES string of the molecule is CC[C@H](NCC(C)O)C(=O)O. The summed E-state index contributed by atoms with van der Waals surface area (Å²) in [6.07, 6.45) is 0.0330. The van der Waals surface area contributed by atoms with Crippen LogP contribution in [-0.4, -0.2) is 34.9 Å². The molecule has 4 nitrogen and oxygen atoms in total. The number of carboxylic acid groups (broad SMARTS) is 1. The van der Waals surface area contributed by atoms with Gasteiger partial charge in [-0.3, -0.25) is 4.79 Å². The molecule has 0 fully saturated rings. The minimum atomic E-state index is -0.867. The van der Waals surface area contributed by atoms with E-state index in [1.165, 1.54) is 0 Å². The molecule has 0 aliphatic carbocycles. The Kier molecular flexibility index (Phi) is 4.81. The highest BCUT2D eigenvalue weighted by Gasteiger charge is 2.13. The number of aliphatic hydroxyl groups excluding tert-OH is 1. The Bertz CT molecular complexity index is 125. The second kappa shape index (κ2) is 5.09. The predicted molar refractivity (Wildman–Crippen MR) is 41.4 cm³/mol. The van der Waals surface area contributed by atoms with E-state index in [4.69, 9.17) is 10.2 Å². The molecule has 0 aliphatic rings. The Morgan fingerprint density at radius 2 is 2.18 bits per heavy atom. The van der Waals surface area contributed by atoms with E-state index in [0.29, 0.717) is 13.0 Å². The van der Waals surface area contributed by atoms with Gasteiger partial charge in [-0.2, -0.15) is 0 Å². The first-order valence-corrected chi connectivity index (χ1v) is 3.72. The smallest absolute Gasteiger partial charge is 0.320 e. The highest BCUT2D eigenvalue weighted by atomic mass is 16.4. The zero-order chi connectivity index (χ0) is 8.85. The van der Waals surface area contributed by atoms with E-state index in [1.54, 1.807) is 13.8 Å². The summed E-state index contributed by atoms with van der Waals surface area (Å²) >= 11 is 0. The van der Waals surface area contributed by atoms with Gasteiger partial charge < -0.3 is 15.5 Å². The number of hydrogen-bond acceptors (Lipinski definition) is 3. The Hall–Kier alpha value is -0.610. The third-order valence-electron chi connectivity index (χ3n) is 1.37. The van der Waals surface area contributed by atoms with Crippen LogP contribution >= 0.6 is 0 Å². The summed E-state index contributed by atoms with van der Waals surface area (Å²) in [6, 6.07) is -0.537. The number of rotatable bonds is 5. The summed E-state index contributed by atoms with van der Waals surface area (Å²) in [5.74, 6) is -0.867. The van der Waals surface area contributed by atoms with Crippen molar-refractivity contribution in [2.24, 2.45) is 0 Å². The molecule has 0 saturated heterocycles. The van der Waals surface area contributed by atoms with E-state index < -0.39 is 18.1 Å². The number of aliphatic carboxylic acids is 1. The molecule has 1 unspecified atom stereocenters. The first-order chi connectivity index (χ1) is 5.07. The summed E-state index contributed by atoms with van der Waals surface area (Å²) in [7, 11) is 0. The first kappa shape index (κ1) is 10.4. The molecule has 0 rings (SSSR count). The molecule has 0 spiro atoms. The van der Waals surface area contributed by atoms with Crippen molar-refractivity contribution in [1.29, 1.82) is 0 Å². The topological polar surface area (TPSA) is 69.6 Å². The zero-order valence-corrected chi connectivity index (χ0v) is 6.87. The van der Waals surface area contributed by atoms with E-state index in [0.717, 1.165) is 0 Å². The molecule has 0 aromatic rings. The maximum absolute atomic E-state index is 10.4. The van der Waals surface area contributed by atoms with Gasteiger partial charge in [-0.25, -0.2) is 0 Å². The van der Waals surface area contributed by atoms with Gasteiger partial charge in [0.15, 0.2) is 0 Å². The minimum absolute atomic E-state index is 0.324. The fourth-order valence-electron chi connectivity index (χ4n) is 0.719. The molecule has 66 valence electrons. The molecule has 0 aliphatic heterocycles. The predicted octanol–water partition coefficient (Wildman–Crippen LogP) is -0.180. The third-order valence-corrected chi connectivity index (χ3v) is 1.37. The van der Waals surface area contributed by atoms with Crippen LogP contribution in [0, 0.1) is 0 Å². The highest BCUT2D eigenvalue weighted by Crippen LogP contribution is 1.90. The Morgan fingerprint density at radius 3 is 2.45 bits per heavy atom. The lowest BCUT2D eigenvalue weighted by Crippen LogP contribution is -2.39. The molecular weight excluding hydrogens is 146 g/mol. The van der Waals surface area contributed by atoms with E-state index in [2.05, 4.69) is 5.32 Å². The van der Waals surface area contributed by atoms with Crippen molar-refractivity contribution in [1.82, 2.24) is 5.32 Å². The number of carbonyl (C=O) groups is 1. The van der Waals surface area contributed by atoms with Crippen molar-refractivity contribution in [3.63, 3.8) is 0 Å². The maximum Gasteiger partial charge on any atom is 0.320 e. The van der Waals surface area contributed by atoms with Crippen LogP contribution in [-0.2, 0) is 4.79 Å². The fraction of sp³-hybridized carbons (Fsp3) is 0.857. The van der Waals surface area contributed by atoms with Crippen molar-refractivity contribution < 1.29 is 15.0 Å². The second-order valence-corrected chi connectivity index (χ2v) is 2.56. The number of hydrogen-bond donors (Lipinski definition) is 3. The van der Waals surface area contributed by atoms with Crippen LogP contribution < -0.4 is 5.32 Å². The van der Waals surface area contributed by atoms with Crippen molar-refractivity contribution >= 4 is 5.97 Å². The van der Waals surface area contributed by atoms with Gasteiger partial charge in [-0.05, 0) is 13.3 Å². The number of carboxylic acids is 1. The van der Waals surface area contributed by atoms with E-state index >= 15 is 0 Å². The second-order valence-electron chi connectivity index (χ2n) is 2.56. The number of nitrogens with one attached hydrogen (secondary N) is 1. The molecule has 2 atom stereocenters. The fourth-order valence-corrected chi connectivity index (χ4v) is 0.719. The molecule has 0 bridgehead atoms. The summed E-state index contributed by atoms with van der Waals surface area (Å²) in [5.41, 5.74) is 0. The van der Waals surface area contributed by atoms with Gasteiger partial charge in [-0.1, -0.05) is 6.92 Å². The largest absolute Gasteiger partial charge is 0.480 e. The molecule has 3 N–H and O–H groups in total. The number of aliphatic hydroxyl groups is 1. The van der Waals surface area contributed by atoms with Gasteiger partial charge in [0.25, 0.3) is 0 Å². The molecule has 0 heterocycles. The quantitative estimate of drug-likeness (QED) is 0.523. The maximum atomic E-state index is 10.4. The van der Waals surface area contributed by atoms with Gasteiger partial charge >= 0.3 is 5.97 Å². The van der Waals surface area contributed by atoms with Gasteiger partial charge in [0.1, 0.15) is 6.04 Å². The monoisotopic (exact) mass is 161 g/mol. The average Bonchev–Trinajstić information content (AvgIpc) is 1.87. The van der Waals surface area contributed by atoms with Crippen molar-refractivity contribution in [3.8, 4) is 0 Å². The first-order valence-electron chi connectivity index (χ1n) is 3.72. The van der Waals surface area contributed by atoms with Gasteiger partial charge in [0, 0.05) is 6.54 Å². The molecule has 0 aromatic heterocycles. The summed E-state index contributed by atoms with van der Waals surface area (Å²) in [5, 5.41) is 20.1. The average molecular weight is 161 g/mol. The van der Waals surface area contributed by atoms with Crippen molar-refractivity contribution in [2.45, 2.75) is 32.4 Å². The van der Waals surface area contributed by atoms with Crippen LogP contribution in [0.25, 0.3) is 0 Å². The van der Waals surface area contributed by atoms with E-state index in [9.17, 15) is 4.79 Å². The van der Waals surface area contributed by atoms with Gasteiger partial charge in [0.2, 0.25) is 0 Å². The molecule has 4 heteroatoms. The molecular formula is C7H15NO3. The van der Waals surface area contributed by atoms with Crippen LogP contribution in [0.1, 0.15) is 20.3 Å². The standard InChI is InChI=1S/C7H15NO3/c1-3-6(7(10)11)8-4-5(2)9/h5-6,8-9H,3-4H2,1-2H3,(H,10,11)/t5?,6-/m0/s1. The van der Waals surface area contributed by atoms with Crippen LogP contribution in [0.5, 0.6) is 0 Å². The summed E-state index contributed by atoms with van der Waals surface area (Å²) in [6.45, 7) is 3.72. The van der Waals surface area contributed by atoms with E-state index in [-0.39, 0.29) is 0 Å². The lowest BCUT2D eigenvalue weighted by Gasteiger charge is -2.12. The van der Waals surface area contributed by atoms with Gasteiger partial charge in [-0.15, -0.1) is 0 Å². The Labute approximate surface area is 66.2 Å². The van der Waals surface area contributed by atoms with Gasteiger partial charge in [0.05, 0.1) is 6.10 Å². The van der Waals surface area contributed by atoms with Crippen LogP contribution in [0.15, 0.2) is 0 Å². The van der Waals surface area contributed by atoms with E-state index in [1.807, 2.05) is 0 Å². The zero-order valence-electron chi connectivity index (χ0n) is 6.87. The Morgan fingerprint density at radius 1 is 1.64 bits per heavy atom. The van der Waals surface area contributed by atoms with Crippen molar-refractivity contribution in [3.05, 3.63) is 0 Å². The molecule has 0 saturated carbocycles. The normalized spacial score (nSPS) is 15.9. The molecule has 0 amide bonds. The van der Waals surface area contributed by atoms with Crippen molar-refractivity contribution in [2.75, 3.05) is 6.54 Å². The molecule has 0 aromatic carbocycles. The third kappa shape index (κ3) is 4.75.